The molecule has 4 bridgehead atoms. The topological polar surface area (TPSA) is 284 Å². The Morgan fingerprint density at radius 1 is 1.10 bits per heavy atom. The molecular weight excluding hydrogens is 1110 g/mol. The Bertz CT molecular complexity index is 2780. The zero-order chi connectivity index (χ0) is 59.6. The van der Waals surface area contributed by atoms with Crippen LogP contribution < -0.4 is 25.1 Å². The Labute approximate surface area is 483 Å². The number of alkyl carbamates (subject to hydrolysis) is 1. The number of methoxy groups -OCH3 is 2. The molecule has 1 aromatic heterocycles. The molecule has 81 heavy (non-hydrogen) atoms. The molecule has 6 rings (SSSR count). The third-order valence-corrected chi connectivity index (χ3v) is 17.9. The molecule has 0 spiro atoms. The quantitative estimate of drug-likeness (QED) is 0.0255. The summed E-state index contributed by atoms with van der Waals surface area (Å²) in [7, 11) is 8.73. The molecule has 26 heteroatoms. The highest BCUT2D eigenvalue weighted by Crippen LogP contribution is 2.49. The number of hydrogen-bond donors (Lipinski definition) is 3. The summed E-state index contributed by atoms with van der Waals surface area (Å²) in [6, 6.07) is 5.76. The summed E-state index contributed by atoms with van der Waals surface area (Å²) >= 11 is 6.83. The highest BCUT2D eigenvalue weighted by atomic mass is 35.5. The number of aromatic nitrogens is 1. The van der Waals surface area contributed by atoms with Crippen LogP contribution in [0.15, 0.2) is 59.4 Å². The van der Waals surface area contributed by atoms with Crippen molar-refractivity contribution in [3.63, 3.8) is 0 Å². The van der Waals surface area contributed by atoms with Gasteiger partial charge < -0.3 is 48.2 Å². The predicted molar refractivity (Wildman–Crippen MR) is 301 cm³/mol. The molecule has 0 aliphatic carbocycles. The van der Waals surface area contributed by atoms with Crippen LogP contribution in [-0.4, -0.2) is 161 Å². The summed E-state index contributed by atoms with van der Waals surface area (Å²) in [4.78, 5) is 115. The highest BCUT2D eigenvalue weighted by molar-refractivity contribution is 8.77. The van der Waals surface area contributed by atoms with E-state index in [-0.39, 0.29) is 80.7 Å². The van der Waals surface area contributed by atoms with Gasteiger partial charge in [0, 0.05) is 87.6 Å². The maximum Gasteiger partial charge on any atom is 0.409 e. The number of pyridine rings is 1. The number of hydrogen-bond acceptors (Lipinski definition) is 20. The molecular formula is C55H72ClN7O16S2. The van der Waals surface area contributed by atoms with Crippen molar-refractivity contribution in [1.82, 2.24) is 25.7 Å². The fraction of sp³-hybridized carbons (Fsp3) is 0.564. The van der Waals surface area contributed by atoms with E-state index in [4.69, 9.17) is 44.9 Å². The van der Waals surface area contributed by atoms with Gasteiger partial charge in [0.1, 0.15) is 40.7 Å². The number of benzene rings is 1. The molecule has 0 saturated carbocycles. The zero-order valence-electron chi connectivity index (χ0n) is 47.4. The van der Waals surface area contributed by atoms with Crippen LogP contribution in [0.25, 0.3) is 0 Å². The maximum atomic E-state index is 14.4. The van der Waals surface area contributed by atoms with Gasteiger partial charge in [-0.1, -0.05) is 63.9 Å². The van der Waals surface area contributed by atoms with Crippen molar-refractivity contribution in [3.8, 4) is 11.6 Å². The molecule has 3 saturated heterocycles. The van der Waals surface area contributed by atoms with Gasteiger partial charge in [0.25, 0.3) is 11.8 Å². The van der Waals surface area contributed by atoms with Gasteiger partial charge in [-0.15, -0.1) is 5.06 Å². The van der Waals surface area contributed by atoms with Gasteiger partial charge in [-0.25, -0.2) is 24.8 Å². The van der Waals surface area contributed by atoms with E-state index in [9.17, 15) is 43.5 Å². The maximum absolute atomic E-state index is 14.4. The van der Waals surface area contributed by atoms with E-state index in [2.05, 4.69) is 20.8 Å². The minimum absolute atomic E-state index is 0.0113. The lowest BCUT2D eigenvalue weighted by Crippen LogP contribution is -2.63. The number of halogens is 1. The molecule has 1 aromatic carbocycles. The van der Waals surface area contributed by atoms with Crippen molar-refractivity contribution in [2.75, 3.05) is 45.6 Å². The Morgan fingerprint density at radius 3 is 2.48 bits per heavy atom. The van der Waals surface area contributed by atoms with Crippen LogP contribution in [0, 0.1) is 5.92 Å². The molecule has 4 aliphatic rings. The second-order valence-electron chi connectivity index (χ2n) is 21.1. The number of epoxide rings is 1. The first kappa shape index (κ1) is 63.9. The number of rotatable bonds is 20. The van der Waals surface area contributed by atoms with Gasteiger partial charge in [0.05, 0.1) is 44.1 Å². The summed E-state index contributed by atoms with van der Waals surface area (Å²) < 4.78 is 34.5. The van der Waals surface area contributed by atoms with Crippen LogP contribution in [0.2, 0.25) is 5.02 Å². The van der Waals surface area contributed by atoms with Crippen molar-refractivity contribution in [3.05, 3.63) is 70.4 Å². The fourth-order valence-corrected chi connectivity index (χ4v) is 12.1. The van der Waals surface area contributed by atoms with Crippen molar-refractivity contribution in [1.29, 1.82) is 0 Å². The molecule has 6 amide bonds. The van der Waals surface area contributed by atoms with Crippen LogP contribution in [0.4, 0.5) is 10.5 Å². The van der Waals surface area contributed by atoms with Gasteiger partial charge in [0.2, 0.25) is 23.6 Å². The lowest BCUT2D eigenvalue weighted by molar-refractivity contribution is -0.197. The van der Waals surface area contributed by atoms with Crippen LogP contribution in [-0.2, 0) is 63.8 Å². The van der Waals surface area contributed by atoms with Crippen LogP contribution >= 0.6 is 33.2 Å². The second-order valence-corrected chi connectivity index (χ2v) is 24.6. The fourth-order valence-electron chi connectivity index (χ4n) is 9.27. The molecule has 4 aliphatic heterocycles. The van der Waals surface area contributed by atoms with E-state index in [1.165, 1.54) is 65.8 Å². The van der Waals surface area contributed by atoms with Gasteiger partial charge in [-0.05, 0) is 78.1 Å². The minimum Gasteiger partial charge on any atom is -0.495 e. The average Bonchev–Trinajstić information content (AvgIpc) is 4.01. The van der Waals surface area contributed by atoms with E-state index >= 15 is 0 Å². The molecule has 3 N–H and O–H groups in total. The van der Waals surface area contributed by atoms with Crippen molar-refractivity contribution >= 4 is 92.2 Å². The van der Waals surface area contributed by atoms with Gasteiger partial charge in [0.15, 0.2) is 5.72 Å². The second kappa shape index (κ2) is 27.7. The number of hydroxylamine groups is 2. The number of carbonyl (C=O) groups is 8. The molecule has 0 radical (unpaired) electrons. The number of nitrogens with one attached hydrogen (secondary N) is 2. The number of fused-ring (bicyclic) bond motifs is 5. The van der Waals surface area contributed by atoms with Crippen molar-refractivity contribution in [2.24, 2.45) is 11.0 Å². The molecule has 2 aromatic rings. The summed E-state index contributed by atoms with van der Waals surface area (Å²) in [6.45, 7) is 12.5. The first-order valence-electron chi connectivity index (χ1n) is 26.3. The number of ether oxygens (including phenoxy) is 6. The molecule has 8 atom stereocenters. The van der Waals surface area contributed by atoms with Crippen LogP contribution in [0.5, 0.6) is 11.6 Å². The molecule has 23 nitrogen and oxygen atoms in total. The minimum atomic E-state index is -1.88. The summed E-state index contributed by atoms with van der Waals surface area (Å²) in [5, 5.41) is 19.3. The zero-order valence-corrected chi connectivity index (χ0v) is 49.8. The van der Waals surface area contributed by atoms with Gasteiger partial charge in [-0.2, -0.15) is 5.10 Å². The third kappa shape index (κ3) is 16.7. The molecule has 442 valence electrons. The third-order valence-electron chi connectivity index (χ3n) is 14.3. The molecule has 3 fully saturated rings. The number of allylic oxidation sites excluding steroid dienone is 3. The van der Waals surface area contributed by atoms with Crippen molar-refractivity contribution < 1.29 is 76.7 Å². The number of imide groups is 1. The number of likely N-dealkylation sites (N-methyl/N-ethyl adjacent to an activating group) is 1. The monoisotopic (exact) mass is 1190 g/mol. The number of amides is 6. The van der Waals surface area contributed by atoms with E-state index < -0.39 is 88.2 Å². The van der Waals surface area contributed by atoms with Gasteiger partial charge in [-0.3, -0.25) is 29.3 Å². The Hall–Kier alpha value is -6.25. The number of anilines is 1. The lowest BCUT2D eigenvalue weighted by Gasteiger charge is -2.42. The number of hydrazone groups is 1. The Kier molecular flexibility index (Phi) is 21.8. The lowest BCUT2D eigenvalue weighted by atomic mass is 9.83. The first-order chi connectivity index (χ1) is 38.2. The highest BCUT2D eigenvalue weighted by Gasteiger charge is 2.64. The predicted octanol–water partition coefficient (Wildman–Crippen LogP) is 6.16. The van der Waals surface area contributed by atoms with Crippen LogP contribution in [0.1, 0.15) is 111 Å². The SMILES string of the molecule is COc1cc2cc(c1Cl)N(C)C(=O)C[C@H](OC(=O)[C@H](C)N(C)C(=O)CCSSC(C)(C)CC(=O)N/N=C(/C)c1ccc(OCCCC(=O)ON3C(=O)CCC3=O)nc1)[C@]1(C)O[C@H]1[C@H](C)[C@@H]1C[C@@](O)(NC(=O)O1)[C@H](OC)/C=C/C=C(\C)C2. The van der Waals surface area contributed by atoms with E-state index in [0.717, 1.165) is 11.1 Å². The number of carbonyl (C=O) groups excluding carboxylic acids is 8. The number of esters is 1. The van der Waals surface area contributed by atoms with Gasteiger partial charge >= 0.3 is 18.0 Å². The molecule has 5 heterocycles. The first-order valence-corrected chi connectivity index (χ1v) is 29.0. The van der Waals surface area contributed by atoms with Crippen molar-refractivity contribution in [2.45, 2.75) is 153 Å². The number of nitrogens with zero attached hydrogens (tertiary/aromatic N) is 5. The standard InChI is InChI=1S/C55H72ClN7O16S2/c1-31-14-12-15-40(74-11)55(72)28-39(76-52(71)58-55)32(2)50-54(7,78-50)41(27-47(68)62(9)37-25-35(24-31)26-38(73-10)49(37)56)77-51(70)34(4)61(8)44(65)21-23-80-81-53(5,6)29-42(64)60-59-33(3)36-17-18-43(57-30-36)75-22-13-16-48(69)79-63-45(66)19-20-46(63)67/h12,14-15,17-18,25-26,30,32,34,39-41,50,72H,13,16,19-24,27-29H2,1-11H3,(H,58,71)(H,60,64)/b15-12+,31-14+,59-33-/t32-,34+,39+,40-,41+,50+,54+,55+/m1/s1. The van der Waals surface area contributed by atoms with E-state index in [0.29, 0.717) is 39.9 Å². The van der Waals surface area contributed by atoms with Crippen LogP contribution in [0.3, 0.4) is 0 Å². The van der Waals surface area contributed by atoms with E-state index in [1.54, 1.807) is 64.2 Å². The smallest absolute Gasteiger partial charge is 0.409 e. The average molecular weight is 1190 g/mol. The number of aliphatic hydroxyl groups is 1. The summed E-state index contributed by atoms with van der Waals surface area (Å²) in [5.74, 6) is -3.43. The van der Waals surface area contributed by atoms with E-state index in [1.807, 2.05) is 26.8 Å². The summed E-state index contributed by atoms with van der Waals surface area (Å²) in [6.07, 6.45) is 2.30. The largest absolute Gasteiger partial charge is 0.495 e. The molecule has 0 unspecified atom stereocenters. The Balaban J connectivity index is 1.02. The summed E-state index contributed by atoms with van der Waals surface area (Å²) in [5.41, 5.74) is 2.52. The normalized spacial score (nSPS) is 25.8. The Morgan fingerprint density at radius 2 is 1.81 bits per heavy atom.